The van der Waals surface area contributed by atoms with Crippen LogP contribution in [0.25, 0.3) is 6.08 Å². The number of benzene rings is 1. The quantitative estimate of drug-likeness (QED) is 0.181. The number of carbonyl (C=O) groups is 2. The van der Waals surface area contributed by atoms with Crippen LogP contribution >= 0.6 is 23.1 Å². The molecule has 0 saturated heterocycles. The predicted molar refractivity (Wildman–Crippen MR) is 98.0 cm³/mol. The van der Waals surface area contributed by atoms with E-state index in [-0.39, 0.29) is 5.69 Å². The van der Waals surface area contributed by atoms with Gasteiger partial charge in [-0.15, -0.1) is 10.2 Å². The summed E-state index contributed by atoms with van der Waals surface area (Å²) >= 11 is 2.75. The smallest absolute Gasteiger partial charge is 0.331 e. The Bertz CT molecular complexity index is 820. The molecule has 2 rings (SSSR count). The molecule has 2 aromatic rings. The second kappa shape index (κ2) is 9.63. The van der Waals surface area contributed by atoms with Crippen molar-refractivity contribution < 1.29 is 19.2 Å². The summed E-state index contributed by atoms with van der Waals surface area (Å²) in [6, 6.07) is 5.64. The first kappa shape index (κ1) is 19.5. The summed E-state index contributed by atoms with van der Waals surface area (Å²) in [5, 5.41) is 21.1. The number of thioether (sulfide) groups is 1. The number of esters is 1. The molecular weight excluding hydrogens is 380 g/mol. The van der Waals surface area contributed by atoms with Crippen LogP contribution in [0, 0.1) is 10.1 Å². The third-order valence-corrected chi connectivity index (χ3v) is 4.64. The van der Waals surface area contributed by atoms with Crippen LogP contribution in [0.5, 0.6) is 0 Å². The van der Waals surface area contributed by atoms with Gasteiger partial charge in [0.25, 0.3) is 11.6 Å². The molecule has 1 aromatic carbocycles. The Balaban J connectivity index is 1.78. The molecule has 26 heavy (non-hydrogen) atoms. The van der Waals surface area contributed by atoms with Gasteiger partial charge in [-0.05, 0) is 29.5 Å². The molecule has 0 atom stereocenters. The van der Waals surface area contributed by atoms with Crippen LogP contribution in [0.3, 0.4) is 0 Å². The van der Waals surface area contributed by atoms with Crippen LogP contribution in [0.4, 0.5) is 10.8 Å². The van der Waals surface area contributed by atoms with Crippen LogP contribution in [-0.2, 0) is 14.3 Å². The van der Waals surface area contributed by atoms with Gasteiger partial charge in [0.2, 0.25) is 5.13 Å². The van der Waals surface area contributed by atoms with E-state index in [1.807, 2.05) is 6.92 Å². The van der Waals surface area contributed by atoms with Crippen molar-refractivity contribution in [3.05, 3.63) is 46.0 Å². The van der Waals surface area contributed by atoms with Crippen molar-refractivity contribution in [2.24, 2.45) is 0 Å². The fourth-order valence-corrected chi connectivity index (χ4v) is 3.32. The summed E-state index contributed by atoms with van der Waals surface area (Å²) in [5.41, 5.74) is 0.547. The molecule has 1 heterocycles. The summed E-state index contributed by atoms with van der Waals surface area (Å²) in [6.45, 7) is 1.52. The normalized spacial score (nSPS) is 10.7. The Labute approximate surface area is 156 Å². The van der Waals surface area contributed by atoms with Crippen molar-refractivity contribution in [3.63, 3.8) is 0 Å². The van der Waals surface area contributed by atoms with Crippen molar-refractivity contribution in [2.45, 2.75) is 11.3 Å². The molecule has 0 saturated carbocycles. The number of rotatable bonds is 8. The van der Waals surface area contributed by atoms with Crippen molar-refractivity contribution in [3.8, 4) is 0 Å². The van der Waals surface area contributed by atoms with Gasteiger partial charge in [0.15, 0.2) is 10.9 Å². The van der Waals surface area contributed by atoms with Crippen LogP contribution < -0.4 is 5.32 Å². The van der Waals surface area contributed by atoms with Crippen LogP contribution in [-0.4, -0.2) is 39.4 Å². The predicted octanol–water partition coefficient (Wildman–Crippen LogP) is 2.75. The largest absolute Gasteiger partial charge is 0.452 e. The highest BCUT2D eigenvalue weighted by atomic mass is 32.2. The van der Waals surface area contributed by atoms with Crippen molar-refractivity contribution in [1.29, 1.82) is 0 Å². The maximum absolute atomic E-state index is 11.7. The van der Waals surface area contributed by atoms with Crippen molar-refractivity contribution in [1.82, 2.24) is 10.2 Å². The number of nitrogens with one attached hydrogen (secondary N) is 1. The van der Waals surface area contributed by atoms with E-state index in [2.05, 4.69) is 15.5 Å². The molecule has 9 nitrogen and oxygen atoms in total. The molecule has 0 unspecified atom stereocenters. The molecule has 0 bridgehead atoms. The number of hydrogen-bond donors (Lipinski definition) is 1. The third kappa shape index (κ3) is 6.26. The Kier molecular flexibility index (Phi) is 7.24. The molecule has 0 fully saturated rings. The zero-order chi connectivity index (χ0) is 18.9. The number of nitro groups is 1. The Morgan fingerprint density at radius 2 is 2.08 bits per heavy atom. The van der Waals surface area contributed by atoms with E-state index in [0.29, 0.717) is 10.7 Å². The van der Waals surface area contributed by atoms with E-state index >= 15 is 0 Å². The second-order valence-corrected chi connectivity index (χ2v) is 7.13. The highest BCUT2D eigenvalue weighted by Gasteiger charge is 2.10. The maximum atomic E-state index is 11.7. The molecule has 0 radical (unpaired) electrons. The summed E-state index contributed by atoms with van der Waals surface area (Å²) in [5.74, 6) is -0.384. The highest BCUT2D eigenvalue weighted by molar-refractivity contribution is 8.01. The number of nitrogens with zero attached hydrogens (tertiary/aromatic N) is 3. The fraction of sp³-hybridized carbons (Fsp3) is 0.200. The summed E-state index contributed by atoms with van der Waals surface area (Å²) in [6.07, 6.45) is 2.57. The SMILES string of the molecule is CCSc1nnc(NC(=O)COC(=O)/C=C/c2ccc([N+](=O)[O-])cc2)s1. The number of nitro benzene ring substituents is 1. The van der Waals surface area contributed by atoms with Crippen LogP contribution in [0.1, 0.15) is 12.5 Å². The molecule has 0 spiro atoms. The van der Waals surface area contributed by atoms with Gasteiger partial charge in [-0.1, -0.05) is 30.0 Å². The highest BCUT2D eigenvalue weighted by Crippen LogP contribution is 2.24. The fourth-order valence-electron chi connectivity index (χ4n) is 1.65. The van der Waals surface area contributed by atoms with Gasteiger partial charge in [0, 0.05) is 18.2 Å². The second-order valence-electron chi connectivity index (χ2n) is 4.64. The number of hydrogen-bond acceptors (Lipinski definition) is 9. The lowest BCUT2D eigenvalue weighted by molar-refractivity contribution is -0.384. The van der Waals surface area contributed by atoms with Gasteiger partial charge in [-0.25, -0.2) is 4.79 Å². The Morgan fingerprint density at radius 3 is 2.73 bits per heavy atom. The molecule has 1 aromatic heterocycles. The van der Waals surface area contributed by atoms with Crippen molar-refractivity contribution >= 4 is 51.9 Å². The first-order chi connectivity index (χ1) is 12.5. The van der Waals surface area contributed by atoms with E-state index in [9.17, 15) is 19.7 Å². The van der Waals surface area contributed by atoms with Gasteiger partial charge >= 0.3 is 5.97 Å². The summed E-state index contributed by atoms with van der Waals surface area (Å²) in [4.78, 5) is 33.4. The number of ether oxygens (including phenoxy) is 1. The zero-order valence-corrected chi connectivity index (χ0v) is 15.2. The van der Waals surface area contributed by atoms with E-state index in [0.717, 1.165) is 16.2 Å². The van der Waals surface area contributed by atoms with E-state index in [1.165, 1.54) is 53.4 Å². The summed E-state index contributed by atoms with van der Waals surface area (Å²) < 4.78 is 5.56. The third-order valence-electron chi connectivity index (χ3n) is 2.78. The summed E-state index contributed by atoms with van der Waals surface area (Å²) in [7, 11) is 0. The average Bonchev–Trinajstić information content (AvgIpc) is 3.05. The van der Waals surface area contributed by atoms with Gasteiger partial charge < -0.3 is 4.74 Å². The lowest BCUT2D eigenvalue weighted by atomic mass is 10.2. The zero-order valence-electron chi connectivity index (χ0n) is 13.6. The van der Waals surface area contributed by atoms with Crippen LogP contribution in [0.2, 0.25) is 0 Å². The van der Waals surface area contributed by atoms with Gasteiger partial charge in [-0.2, -0.15) is 0 Å². The monoisotopic (exact) mass is 394 g/mol. The van der Waals surface area contributed by atoms with Crippen molar-refractivity contribution in [2.75, 3.05) is 17.7 Å². The van der Waals surface area contributed by atoms with Gasteiger partial charge in [-0.3, -0.25) is 20.2 Å². The maximum Gasteiger partial charge on any atom is 0.331 e. The minimum absolute atomic E-state index is 0.0430. The molecule has 0 aliphatic rings. The molecule has 1 amide bonds. The topological polar surface area (TPSA) is 124 Å². The first-order valence-electron chi connectivity index (χ1n) is 7.33. The molecule has 0 aliphatic carbocycles. The molecule has 11 heteroatoms. The van der Waals surface area contributed by atoms with E-state index < -0.39 is 23.4 Å². The number of amides is 1. The van der Waals surface area contributed by atoms with Gasteiger partial charge in [0.05, 0.1) is 4.92 Å². The lowest BCUT2D eigenvalue weighted by Gasteiger charge is -2.01. The first-order valence-corrected chi connectivity index (χ1v) is 9.13. The van der Waals surface area contributed by atoms with E-state index in [1.54, 1.807) is 0 Å². The number of non-ortho nitro benzene ring substituents is 1. The molecule has 1 N–H and O–H groups in total. The molecule has 0 aliphatic heterocycles. The Hall–Kier alpha value is -2.79. The minimum Gasteiger partial charge on any atom is -0.452 e. The number of aromatic nitrogens is 2. The molecular formula is C15H14N4O5S2. The minimum atomic E-state index is -0.710. The standard InChI is InChI=1S/C15H14N4O5S2/c1-2-25-15-18-17-14(26-15)16-12(20)9-24-13(21)8-5-10-3-6-11(7-4-10)19(22)23/h3-8H,2,9H2,1H3,(H,16,17,20)/b8-5+. The number of anilines is 1. The van der Waals surface area contributed by atoms with E-state index in [4.69, 9.17) is 4.74 Å². The molecule has 136 valence electrons. The number of carbonyl (C=O) groups excluding carboxylic acids is 2. The average molecular weight is 394 g/mol. The lowest BCUT2D eigenvalue weighted by Crippen LogP contribution is -2.20. The Morgan fingerprint density at radius 1 is 1.35 bits per heavy atom. The van der Waals surface area contributed by atoms with Gasteiger partial charge in [0.1, 0.15) is 0 Å². The van der Waals surface area contributed by atoms with Crippen LogP contribution in [0.15, 0.2) is 34.7 Å².